The fourth-order valence-corrected chi connectivity index (χ4v) is 2.41. The number of aromatic carboxylic acids is 1. The van der Waals surface area contributed by atoms with Crippen molar-refractivity contribution in [1.82, 2.24) is 4.57 Å². The number of aromatic nitrogens is 1. The van der Waals surface area contributed by atoms with Crippen LogP contribution in [0.1, 0.15) is 10.5 Å². The third-order valence-electron chi connectivity index (χ3n) is 2.17. The Kier molecular flexibility index (Phi) is 3.39. The van der Waals surface area contributed by atoms with E-state index in [4.69, 9.17) is 16.7 Å². The van der Waals surface area contributed by atoms with Gasteiger partial charge in [-0.25, -0.2) is 9.18 Å². The molecule has 0 unspecified atom stereocenters. The molecule has 2 rings (SSSR count). The molecule has 3 nitrogen and oxygen atoms in total. The van der Waals surface area contributed by atoms with Crippen LogP contribution in [0.25, 0.3) is 5.69 Å². The Labute approximate surface area is 115 Å². The fraction of sp³-hybridized carbons (Fsp3) is 0. The van der Waals surface area contributed by atoms with Crippen molar-refractivity contribution in [3.8, 4) is 5.69 Å². The van der Waals surface area contributed by atoms with Gasteiger partial charge < -0.3 is 9.67 Å². The van der Waals surface area contributed by atoms with E-state index in [2.05, 4.69) is 0 Å². The Balaban J connectivity index is 2.63. The van der Waals surface area contributed by atoms with Crippen molar-refractivity contribution in [2.75, 3.05) is 0 Å². The second-order valence-electron chi connectivity index (χ2n) is 3.31. The van der Waals surface area contributed by atoms with Crippen LogP contribution < -0.4 is 0 Å². The number of carboxylic acid groups (broad SMARTS) is 1. The zero-order valence-corrected chi connectivity index (χ0v) is 11.2. The number of hydrogen-bond donors (Lipinski definition) is 1. The van der Waals surface area contributed by atoms with Crippen LogP contribution in [0.3, 0.4) is 0 Å². The number of halogens is 3. The van der Waals surface area contributed by atoms with E-state index in [-0.39, 0.29) is 11.5 Å². The molecule has 0 amide bonds. The zero-order chi connectivity index (χ0) is 12.6. The van der Waals surface area contributed by atoms with E-state index in [9.17, 15) is 9.18 Å². The second-order valence-corrected chi connectivity index (χ2v) is 4.91. The lowest BCUT2D eigenvalue weighted by Gasteiger charge is -2.08. The average molecular weight is 366 g/mol. The molecule has 1 aromatic carbocycles. The van der Waals surface area contributed by atoms with Gasteiger partial charge >= 0.3 is 5.97 Å². The predicted molar refractivity (Wildman–Crippen MR) is 70.4 cm³/mol. The van der Waals surface area contributed by atoms with Gasteiger partial charge in [-0.2, -0.15) is 0 Å². The standard InChI is InChI=1S/C11H6ClFINO2/c12-6-3-10(11(16)17)15(5-6)9-2-1-7(13)4-8(9)14/h1-5H,(H,16,17). The molecule has 1 aromatic heterocycles. The largest absolute Gasteiger partial charge is 0.477 e. The minimum absolute atomic E-state index is 0.0412. The molecule has 0 aliphatic heterocycles. The Morgan fingerprint density at radius 1 is 1.41 bits per heavy atom. The van der Waals surface area contributed by atoms with Crippen molar-refractivity contribution >= 4 is 40.2 Å². The van der Waals surface area contributed by atoms with Crippen LogP contribution in [0.2, 0.25) is 5.02 Å². The lowest BCUT2D eigenvalue weighted by molar-refractivity contribution is 0.0688. The maximum Gasteiger partial charge on any atom is 0.352 e. The summed E-state index contributed by atoms with van der Waals surface area (Å²) in [5, 5.41) is 9.35. The third-order valence-corrected chi connectivity index (χ3v) is 3.25. The van der Waals surface area contributed by atoms with E-state index in [1.54, 1.807) is 0 Å². The number of benzene rings is 1. The van der Waals surface area contributed by atoms with Gasteiger partial charge in [-0.05, 0) is 46.9 Å². The molecule has 1 heterocycles. The minimum Gasteiger partial charge on any atom is -0.477 e. The highest BCUT2D eigenvalue weighted by atomic mass is 127. The molecule has 88 valence electrons. The van der Waals surface area contributed by atoms with Crippen molar-refractivity contribution in [1.29, 1.82) is 0 Å². The van der Waals surface area contributed by atoms with Crippen molar-refractivity contribution in [2.24, 2.45) is 0 Å². The van der Waals surface area contributed by atoms with Crippen molar-refractivity contribution < 1.29 is 14.3 Å². The van der Waals surface area contributed by atoms with Gasteiger partial charge in [0.25, 0.3) is 0 Å². The first kappa shape index (κ1) is 12.4. The van der Waals surface area contributed by atoms with Gasteiger partial charge in [0.05, 0.1) is 10.7 Å². The van der Waals surface area contributed by atoms with Gasteiger partial charge in [-0.1, -0.05) is 11.6 Å². The zero-order valence-electron chi connectivity index (χ0n) is 8.32. The van der Waals surface area contributed by atoms with Crippen molar-refractivity contribution in [3.63, 3.8) is 0 Å². The molecule has 0 radical (unpaired) electrons. The molecule has 0 aliphatic rings. The van der Waals surface area contributed by atoms with E-state index in [1.165, 1.54) is 35.0 Å². The van der Waals surface area contributed by atoms with E-state index >= 15 is 0 Å². The van der Waals surface area contributed by atoms with Gasteiger partial charge in [0.2, 0.25) is 0 Å². The average Bonchev–Trinajstić information content (AvgIpc) is 2.60. The summed E-state index contributed by atoms with van der Waals surface area (Å²) >= 11 is 7.72. The quantitative estimate of drug-likeness (QED) is 0.827. The van der Waals surface area contributed by atoms with Crippen LogP contribution in [0.4, 0.5) is 4.39 Å². The monoisotopic (exact) mass is 365 g/mol. The molecular formula is C11H6ClFINO2. The summed E-state index contributed by atoms with van der Waals surface area (Å²) in [5.74, 6) is -1.45. The Morgan fingerprint density at radius 2 is 2.12 bits per heavy atom. The maximum atomic E-state index is 13.0. The molecule has 0 atom stereocenters. The van der Waals surface area contributed by atoms with Gasteiger partial charge in [-0.15, -0.1) is 0 Å². The van der Waals surface area contributed by atoms with Crippen LogP contribution in [-0.2, 0) is 0 Å². The molecule has 0 spiro atoms. The number of carbonyl (C=O) groups is 1. The van der Waals surface area contributed by atoms with Crippen LogP contribution in [-0.4, -0.2) is 15.6 Å². The summed E-state index contributed by atoms with van der Waals surface area (Å²) in [6.45, 7) is 0. The maximum absolute atomic E-state index is 13.0. The first-order valence-corrected chi connectivity index (χ1v) is 6.01. The molecule has 6 heteroatoms. The van der Waals surface area contributed by atoms with Crippen molar-refractivity contribution in [3.05, 3.63) is 50.6 Å². The molecule has 0 aliphatic carbocycles. The van der Waals surface area contributed by atoms with Gasteiger partial charge in [0, 0.05) is 9.77 Å². The number of rotatable bonds is 2. The van der Waals surface area contributed by atoms with Crippen molar-refractivity contribution in [2.45, 2.75) is 0 Å². The number of nitrogens with zero attached hydrogens (tertiary/aromatic N) is 1. The van der Waals surface area contributed by atoms with Crippen LogP contribution in [0.5, 0.6) is 0 Å². The summed E-state index contributed by atoms with van der Waals surface area (Å²) in [5.41, 5.74) is 0.621. The molecule has 0 saturated heterocycles. The Hall–Kier alpha value is -1.08. The molecule has 1 N–H and O–H groups in total. The number of hydrogen-bond acceptors (Lipinski definition) is 1. The predicted octanol–water partition coefficient (Wildman–Crippen LogP) is 3.57. The first-order valence-electron chi connectivity index (χ1n) is 4.55. The Morgan fingerprint density at radius 3 is 2.71 bits per heavy atom. The fourth-order valence-electron chi connectivity index (χ4n) is 1.47. The molecule has 0 bridgehead atoms. The molecule has 17 heavy (non-hydrogen) atoms. The van der Waals surface area contributed by atoms with E-state index < -0.39 is 5.97 Å². The smallest absolute Gasteiger partial charge is 0.352 e. The summed E-state index contributed by atoms with van der Waals surface area (Å²) in [6.07, 6.45) is 1.49. The molecule has 2 aromatic rings. The second kappa shape index (κ2) is 4.66. The summed E-state index contributed by atoms with van der Waals surface area (Å²) in [4.78, 5) is 11.0. The topological polar surface area (TPSA) is 42.2 Å². The van der Waals surface area contributed by atoms with Gasteiger partial charge in [0.15, 0.2) is 0 Å². The van der Waals surface area contributed by atoms with Gasteiger partial charge in [-0.3, -0.25) is 0 Å². The first-order chi connectivity index (χ1) is 7.99. The normalized spacial score (nSPS) is 10.5. The molecular weight excluding hydrogens is 359 g/mol. The molecule has 0 saturated carbocycles. The highest BCUT2D eigenvalue weighted by molar-refractivity contribution is 14.1. The Bertz CT molecular complexity index is 597. The minimum atomic E-state index is -1.09. The van der Waals surface area contributed by atoms with Crippen LogP contribution in [0, 0.1) is 9.39 Å². The van der Waals surface area contributed by atoms with Gasteiger partial charge in [0.1, 0.15) is 11.5 Å². The van der Waals surface area contributed by atoms with Crippen LogP contribution in [0.15, 0.2) is 30.5 Å². The molecule has 0 fully saturated rings. The summed E-state index contributed by atoms with van der Waals surface area (Å²) in [7, 11) is 0. The highest BCUT2D eigenvalue weighted by Crippen LogP contribution is 2.24. The lowest BCUT2D eigenvalue weighted by atomic mass is 10.3. The highest BCUT2D eigenvalue weighted by Gasteiger charge is 2.15. The summed E-state index contributed by atoms with van der Waals surface area (Å²) < 4.78 is 15.0. The van der Waals surface area contributed by atoms with Crippen LogP contribution >= 0.6 is 34.2 Å². The van der Waals surface area contributed by atoms with E-state index in [0.717, 1.165) is 0 Å². The lowest BCUT2D eigenvalue weighted by Crippen LogP contribution is -2.06. The SMILES string of the molecule is O=C(O)c1cc(Cl)cn1-c1ccc(F)cc1I. The van der Waals surface area contributed by atoms with E-state index in [1.807, 2.05) is 22.6 Å². The van der Waals surface area contributed by atoms with E-state index in [0.29, 0.717) is 14.3 Å². The third kappa shape index (κ3) is 2.44. The summed E-state index contributed by atoms with van der Waals surface area (Å²) in [6, 6.07) is 5.47. The number of carboxylic acids is 1.